The van der Waals surface area contributed by atoms with Crippen LogP contribution in [0, 0.1) is 5.82 Å². The Morgan fingerprint density at radius 1 is 1.35 bits per heavy atom. The molecule has 0 saturated heterocycles. The third-order valence-corrected chi connectivity index (χ3v) is 3.88. The van der Waals surface area contributed by atoms with Gasteiger partial charge in [-0.15, -0.1) is 10.2 Å². The Bertz CT molecular complexity index is 578. The molecule has 1 aromatic heterocycles. The summed E-state index contributed by atoms with van der Waals surface area (Å²) in [5.74, 6) is 0.0426. The standard InChI is InChI=1S/C12H9FN2OS/c13-10-5-8(3-4-9(10)6-16)12-15-14-11(17-12)7-1-2-7/h3-7H,1-2H2. The minimum Gasteiger partial charge on any atom is -0.298 e. The molecular formula is C12H9FN2OS. The minimum absolute atomic E-state index is 0.0701. The van der Waals surface area contributed by atoms with E-state index in [0.717, 1.165) is 5.01 Å². The number of nitrogens with zero attached hydrogens (tertiary/aromatic N) is 2. The number of halogens is 1. The van der Waals surface area contributed by atoms with Gasteiger partial charge in [0.1, 0.15) is 15.8 Å². The molecule has 3 nitrogen and oxygen atoms in total. The summed E-state index contributed by atoms with van der Waals surface area (Å²) < 4.78 is 13.4. The molecule has 1 fully saturated rings. The molecular weight excluding hydrogens is 239 g/mol. The highest BCUT2D eigenvalue weighted by Crippen LogP contribution is 2.42. The molecule has 0 aliphatic heterocycles. The molecule has 5 heteroatoms. The predicted molar refractivity (Wildman–Crippen MR) is 62.7 cm³/mol. The second-order valence-corrected chi connectivity index (χ2v) is 5.08. The lowest BCUT2D eigenvalue weighted by Gasteiger charge is -1.97. The van der Waals surface area contributed by atoms with E-state index in [4.69, 9.17) is 0 Å². The van der Waals surface area contributed by atoms with Gasteiger partial charge < -0.3 is 0 Å². The maximum absolute atomic E-state index is 13.4. The van der Waals surface area contributed by atoms with Gasteiger partial charge in [0.05, 0.1) is 5.56 Å². The van der Waals surface area contributed by atoms with Crippen LogP contribution in [0.1, 0.15) is 34.1 Å². The van der Waals surface area contributed by atoms with Crippen molar-refractivity contribution in [3.8, 4) is 10.6 Å². The van der Waals surface area contributed by atoms with Gasteiger partial charge in [0.15, 0.2) is 6.29 Å². The van der Waals surface area contributed by atoms with Gasteiger partial charge in [-0.3, -0.25) is 4.79 Å². The van der Waals surface area contributed by atoms with Crippen LogP contribution >= 0.6 is 11.3 Å². The van der Waals surface area contributed by atoms with Crippen LogP contribution in [0.3, 0.4) is 0 Å². The van der Waals surface area contributed by atoms with Crippen molar-refractivity contribution in [1.29, 1.82) is 0 Å². The lowest BCUT2D eigenvalue weighted by Crippen LogP contribution is -1.88. The average Bonchev–Trinajstić information content (AvgIpc) is 3.07. The molecule has 1 heterocycles. The van der Waals surface area contributed by atoms with Crippen molar-refractivity contribution in [3.63, 3.8) is 0 Å². The van der Waals surface area contributed by atoms with E-state index in [1.165, 1.54) is 36.3 Å². The highest BCUT2D eigenvalue weighted by Gasteiger charge is 2.27. The fourth-order valence-corrected chi connectivity index (χ4v) is 2.61. The lowest BCUT2D eigenvalue weighted by atomic mass is 10.1. The Balaban J connectivity index is 1.96. The molecule has 86 valence electrons. The summed E-state index contributed by atoms with van der Waals surface area (Å²) in [5, 5.41) is 9.90. The van der Waals surface area contributed by atoms with E-state index in [1.54, 1.807) is 6.07 Å². The SMILES string of the molecule is O=Cc1ccc(-c2nnc(C3CC3)s2)cc1F. The van der Waals surface area contributed by atoms with Gasteiger partial charge in [-0.2, -0.15) is 0 Å². The van der Waals surface area contributed by atoms with Crippen LogP contribution in [0.15, 0.2) is 18.2 Å². The minimum atomic E-state index is -0.513. The molecule has 1 aromatic carbocycles. The van der Waals surface area contributed by atoms with Gasteiger partial charge in [-0.05, 0) is 25.0 Å². The van der Waals surface area contributed by atoms with E-state index in [0.29, 0.717) is 22.8 Å². The molecule has 1 saturated carbocycles. The van der Waals surface area contributed by atoms with Gasteiger partial charge in [0, 0.05) is 11.5 Å². The zero-order valence-corrected chi connectivity index (χ0v) is 9.71. The van der Waals surface area contributed by atoms with Crippen LogP contribution in [0.5, 0.6) is 0 Å². The maximum Gasteiger partial charge on any atom is 0.152 e. The molecule has 0 unspecified atom stereocenters. The first-order chi connectivity index (χ1) is 8.28. The molecule has 0 atom stereocenters. The normalized spacial score (nSPS) is 14.9. The van der Waals surface area contributed by atoms with Gasteiger partial charge in [0.2, 0.25) is 0 Å². The Morgan fingerprint density at radius 3 is 2.82 bits per heavy atom. The largest absolute Gasteiger partial charge is 0.298 e. The molecule has 1 aliphatic rings. The van der Waals surface area contributed by atoms with E-state index >= 15 is 0 Å². The second-order valence-electron chi connectivity index (χ2n) is 4.07. The summed E-state index contributed by atoms with van der Waals surface area (Å²) in [6.07, 6.45) is 2.86. The van der Waals surface area contributed by atoms with E-state index in [9.17, 15) is 9.18 Å². The Morgan fingerprint density at radius 2 is 2.18 bits per heavy atom. The molecule has 1 aliphatic carbocycles. The average molecular weight is 248 g/mol. The fraction of sp³-hybridized carbons (Fsp3) is 0.250. The summed E-state index contributed by atoms with van der Waals surface area (Å²) in [6, 6.07) is 4.50. The van der Waals surface area contributed by atoms with E-state index in [1.807, 2.05) is 0 Å². The quantitative estimate of drug-likeness (QED) is 0.784. The zero-order chi connectivity index (χ0) is 11.8. The predicted octanol–water partition coefficient (Wildman–Crippen LogP) is 3.03. The number of aromatic nitrogens is 2. The van der Waals surface area contributed by atoms with Crippen molar-refractivity contribution in [2.75, 3.05) is 0 Å². The van der Waals surface area contributed by atoms with E-state index in [2.05, 4.69) is 10.2 Å². The van der Waals surface area contributed by atoms with Crippen molar-refractivity contribution in [2.45, 2.75) is 18.8 Å². The summed E-state index contributed by atoms with van der Waals surface area (Å²) in [6.45, 7) is 0. The molecule has 0 spiro atoms. The number of hydrogen-bond donors (Lipinski definition) is 0. The highest BCUT2D eigenvalue weighted by molar-refractivity contribution is 7.14. The van der Waals surface area contributed by atoms with Gasteiger partial charge >= 0.3 is 0 Å². The first kappa shape index (κ1) is 10.5. The number of benzene rings is 1. The van der Waals surface area contributed by atoms with Crippen LogP contribution in [-0.2, 0) is 0 Å². The molecule has 17 heavy (non-hydrogen) atoms. The van der Waals surface area contributed by atoms with E-state index in [-0.39, 0.29) is 5.56 Å². The molecule has 0 bridgehead atoms. The fourth-order valence-electron chi connectivity index (χ4n) is 1.60. The number of rotatable bonds is 3. The first-order valence-electron chi connectivity index (χ1n) is 5.36. The zero-order valence-electron chi connectivity index (χ0n) is 8.89. The van der Waals surface area contributed by atoms with Crippen molar-refractivity contribution < 1.29 is 9.18 Å². The Kier molecular flexibility index (Phi) is 2.48. The van der Waals surface area contributed by atoms with Crippen LogP contribution < -0.4 is 0 Å². The number of aldehydes is 1. The number of hydrogen-bond acceptors (Lipinski definition) is 4. The molecule has 3 rings (SSSR count). The van der Waals surface area contributed by atoms with Crippen LogP contribution in [0.4, 0.5) is 4.39 Å². The van der Waals surface area contributed by atoms with Crippen LogP contribution in [-0.4, -0.2) is 16.5 Å². The Hall–Kier alpha value is -1.62. The van der Waals surface area contributed by atoms with E-state index < -0.39 is 5.82 Å². The summed E-state index contributed by atoms with van der Waals surface area (Å²) in [5.41, 5.74) is 0.748. The Labute approximate surface area is 101 Å². The van der Waals surface area contributed by atoms with Crippen molar-refractivity contribution in [2.24, 2.45) is 0 Å². The maximum atomic E-state index is 13.4. The molecule has 0 N–H and O–H groups in total. The smallest absolute Gasteiger partial charge is 0.152 e. The monoisotopic (exact) mass is 248 g/mol. The van der Waals surface area contributed by atoms with Gasteiger partial charge in [0.25, 0.3) is 0 Å². The summed E-state index contributed by atoms with van der Waals surface area (Å²) >= 11 is 1.50. The lowest BCUT2D eigenvalue weighted by molar-refractivity contribution is 0.112. The third-order valence-electron chi connectivity index (χ3n) is 2.74. The van der Waals surface area contributed by atoms with Crippen molar-refractivity contribution in [3.05, 3.63) is 34.6 Å². The summed E-state index contributed by atoms with van der Waals surface area (Å²) in [7, 11) is 0. The molecule has 0 amide bonds. The number of carbonyl (C=O) groups excluding carboxylic acids is 1. The molecule has 2 aromatic rings. The second kappa shape index (κ2) is 4.00. The number of carbonyl (C=O) groups is 1. The van der Waals surface area contributed by atoms with Gasteiger partial charge in [-0.25, -0.2) is 4.39 Å². The highest BCUT2D eigenvalue weighted by atomic mass is 32.1. The summed E-state index contributed by atoms with van der Waals surface area (Å²) in [4.78, 5) is 10.5. The first-order valence-corrected chi connectivity index (χ1v) is 6.18. The van der Waals surface area contributed by atoms with Crippen molar-refractivity contribution >= 4 is 17.6 Å². The third kappa shape index (κ3) is 1.98. The molecule has 0 radical (unpaired) electrons. The van der Waals surface area contributed by atoms with Crippen LogP contribution in [0.2, 0.25) is 0 Å². The van der Waals surface area contributed by atoms with Crippen LogP contribution in [0.25, 0.3) is 10.6 Å². The van der Waals surface area contributed by atoms with Crippen molar-refractivity contribution in [1.82, 2.24) is 10.2 Å². The topological polar surface area (TPSA) is 42.9 Å². The van der Waals surface area contributed by atoms with Gasteiger partial charge in [-0.1, -0.05) is 17.4 Å².